The molecule has 0 bridgehead atoms. The van der Waals surface area contributed by atoms with E-state index in [2.05, 4.69) is 10.2 Å². The first-order chi connectivity index (χ1) is 11.3. The number of thiophene rings is 1. The molecule has 0 atom stereocenters. The monoisotopic (exact) mass is 326 g/mol. The second kappa shape index (κ2) is 5.96. The lowest BCUT2D eigenvalue weighted by molar-refractivity contribution is 0.0740. The predicted molar refractivity (Wildman–Crippen MR) is 85.7 cm³/mol. The Bertz CT molecular complexity index is 799. The molecule has 23 heavy (non-hydrogen) atoms. The molecule has 3 aromatic rings. The smallest absolute Gasteiger partial charge is 0.353 e. The highest BCUT2D eigenvalue weighted by atomic mass is 32.1. The number of carbonyl (C=O) groups is 1. The van der Waals surface area contributed by atoms with Gasteiger partial charge >= 0.3 is 5.97 Å². The van der Waals surface area contributed by atoms with Gasteiger partial charge in [0.05, 0.1) is 0 Å². The fourth-order valence-electron chi connectivity index (χ4n) is 2.71. The zero-order chi connectivity index (χ0) is 15.6. The molecule has 0 saturated heterocycles. The van der Waals surface area contributed by atoms with Crippen molar-refractivity contribution in [1.29, 1.82) is 0 Å². The van der Waals surface area contributed by atoms with Crippen molar-refractivity contribution in [2.45, 2.75) is 25.7 Å². The van der Waals surface area contributed by atoms with Crippen molar-refractivity contribution in [3.8, 4) is 17.2 Å². The van der Waals surface area contributed by atoms with Crippen molar-refractivity contribution >= 4 is 17.3 Å². The van der Waals surface area contributed by atoms with Gasteiger partial charge in [0, 0.05) is 10.4 Å². The van der Waals surface area contributed by atoms with Crippen LogP contribution in [0.3, 0.4) is 0 Å². The van der Waals surface area contributed by atoms with Gasteiger partial charge in [-0.15, -0.1) is 21.5 Å². The number of ether oxygens (including phenoxy) is 1. The zero-order valence-corrected chi connectivity index (χ0v) is 13.1. The second-order valence-corrected chi connectivity index (χ2v) is 6.56. The number of carbonyl (C=O) groups excluding carboxylic acids is 1. The number of fused-ring (bicyclic) bond motifs is 1. The maximum Gasteiger partial charge on any atom is 0.353 e. The minimum Gasteiger partial charge on any atom is -0.423 e. The minimum absolute atomic E-state index is 0.296. The third-order valence-electron chi connectivity index (χ3n) is 3.87. The molecule has 0 amide bonds. The normalized spacial score (nSPS) is 13.6. The van der Waals surface area contributed by atoms with Crippen LogP contribution in [0.4, 0.5) is 0 Å². The molecule has 0 aliphatic heterocycles. The summed E-state index contributed by atoms with van der Waals surface area (Å²) in [5.41, 5.74) is 2.09. The van der Waals surface area contributed by atoms with E-state index in [0.717, 1.165) is 18.4 Å². The number of hydrogen-bond acceptors (Lipinski definition) is 6. The van der Waals surface area contributed by atoms with Gasteiger partial charge in [-0.25, -0.2) is 4.79 Å². The zero-order valence-electron chi connectivity index (χ0n) is 12.3. The summed E-state index contributed by atoms with van der Waals surface area (Å²) in [7, 11) is 0. The molecular weight excluding hydrogens is 312 g/mol. The van der Waals surface area contributed by atoms with E-state index in [9.17, 15) is 4.79 Å². The number of esters is 1. The van der Waals surface area contributed by atoms with Crippen LogP contribution in [0.5, 0.6) is 5.75 Å². The number of rotatable bonds is 3. The van der Waals surface area contributed by atoms with Gasteiger partial charge in [0.1, 0.15) is 10.6 Å². The predicted octanol–water partition coefficient (Wildman–Crippen LogP) is 3.90. The maximum atomic E-state index is 12.3. The van der Waals surface area contributed by atoms with Crippen molar-refractivity contribution < 1.29 is 13.9 Å². The van der Waals surface area contributed by atoms with E-state index < -0.39 is 0 Å². The Kier molecular flexibility index (Phi) is 3.67. The van der Waals surface area contributed by atoms with Crippen LogP contribution in [0.1, 0.15) is 33.0 Å². The lowest BCUT2D eigenvalue weighted by atomic mass is 9.99. The van der Waals surface area contributed by atoms with Crippen molar-refractivity contribution in [2.24, 2.45) is 0 Å². The van der Waals surface area contributed by atoms with Crippen molar-refractivity contribution in [3.05, 3.63) is 52.0 Å². The number of aromatic nitrogens is 2. The summed E-state index contributed by atoms with van der Waals surface area (Å²) < 4.78 is 10.6. The van der Waals surface area contributed by atoms with Gasteiger partial charge in [0.25, 0.3) is 0 Å². The first-order valence-corrected chi connectivity index (χ1v) is 8.31. The molecule has 5 nitrogen and oxygen atoms in total. The van der Waals surface area contributed by atoms with Gasteiger partial charge in [-0.2, -0.15) is 0 Å². The van der Waals surface area contributed by atoms with Gasteiger partial charge in [0.15, 0.2) is 0 Å². The molecule has 2 aromatic heterocycles. The molecule has 1 aliphatic rings. The molecule has 0 saturated carbocycles. The van der Waals surface area contributed by atoms with Crippen LogP contribution in [-0.2, 0) is 12.8 Å². The summed E-state index contributed by atoms with van der Waals surface area (Å²) >= 11 is 1.56. The lowest BCUT2D eigenvalue weighted by Crippen LogP contribution is -2.06. The first-order valence-electron chi connectivity index (χ1n) is 7.50. The van der Waals surface area contributed by atoms with Gasteiger partial charge in [0.2, 0.25) is 12.3 Å². The van der Waals surface area contributed by atoms with E-state index in [0.29, 0.717) is 16.5 Å². The molecule has 0 spiro atoms. The molecule has 0 radical (unpaired) electrons. The van der Waals surface area contributed by atoms with Crippen LogP contribution in [0.25, 0.3) is 11.5 Å². The van der Waals surface area contributed by atoms with Crippen LogP contribution in [0, 0.1) is 0 Å². The molecule has 2 heterocycles. The van der Waals surface area contributed by atoms with Crippen molar-refractivity contribution in [2.75, 3.05) is 0 Å². The number of hydrogen-bond donors (Lipinski definition) is 0. The van der Waals surface area contributed by atoms with Gasteiger partial charge in [-0.1, -0.05) is 0 Å². The molecule has 0 fully saturated rings. The molecule has 1 aromatic carbocycles. The highest BCUT2D eigenvalue weighted by Gasteiger charge is 2.18. The Morgan fingerprint density at radius 2 is 2.00 bits per heavy atom. The molecule has 0 N–H and O–H groups in total. The number of benzene rings is 1. The Balaban J connectivity index is 1.49. The fourth-order valence-corrected chi connectivity index (χ4v) is 3.84. The summed E-state index contributed by atoms with van der Waals surface area (Å²) in [6.45, 7) is 0. The number of aryl methyl sites for hydroxylation is 2. The van der Waals surface area contributed by atoms with E-state index >= 15 is 0 Å². The van der Waals surface area contributed by atoms with Crippen molar-refractivity contribution in [3.63, 3.8) is 0 Å². The Hall–Kier alpha value is -2.47. The van der Waals surface area contributed by atoms with Gasteiger partial charge in [-0.3, -0.25) is 0 Å². The average molecular weight is 326 g/mol. The summed E-state index contributed by atoms with van der Waals surface area (Å²) in [6, 6.07) is 9.01. The second-order valence-electron chi connectivity index (χ2n) is 5.42. The Morgan fingerprint density at radius 1 is 1.17 bits per heavy atom. The fraction of sp³-hybridized carbons (Fsp3) is 0.235. The molecule has 1 aliphatic carbocycles. The van der Waals surface area contributed by atoms with E-state index in [4.69, 9.17) is 9.15 Å². The lowest BCUT2D eigenvalue weighted by Gasteiger charge is -2.08. The third-order valence-corrected chi connectivity index (χ3v) is 5.09. The largest absolute Gasteiger partial charge is 0.423 e. The Morgan fingerprint density at radius 3 is 2.74 bits per heavy atom. The average Bonchev–Trinajstić information content (AvgIpc) is 3.25. The van der Waals surface area contributed by atoms with Crippen LogP contribution >= 0.6 is 11.3 Å². The highest BCUT2D eigenvalue weighted by Crippen LogP contribution is 2.30. The maximum absolute atomic E-state index is 12.3. The summed E-state index contributed by atoms with van der Waals surface area (Å²) in [5, 5.41) is 7.48. The number of nitrogens with zero attached hydrogens (tertiary/aromatic N) is 2. The standard InChI is InChI=1S/C17H14N2O3S/c20-17(15-9-12-3-1-2-4-14(12)23-15)22-13-7-5-11(6-8-13)16-19-18-10-21-16/h5-10H,1-4H2. The van der Waals surface area contributed by atoms with E-state index in [-0.39, 0.29) is 5.97 Å². The Labute approximate surface area is 136 Å². The molecule has 4 rings (SSSR count). The van der Waals surface area contributed by atoms with Crippen LogP contribution in [-0.4, -0.2) is 16.2 Å². The molecule has 6 heteroatoms. The van der Waals surface area contributed by atoms with Crippen LogP contribution < -0.4 is 4.74 Å². The van der Waals surface area contributed by atoms with E-state index in [1.54, 1.807) is 35.6 Å². The van der Waals surface area contributed by atoms with Crippen LogP contribution in [0.2, 0.25) is 0 Å². The SMILES string of the molecule is O=C(Oc1ccc(-c2nnco2)cc1)c1cc2c(s1)CCCC2. The first kappa shape index (κ1) is 14.1. The molecular formula is C17H14N2O3S. The summed E-state index contributed by atoms with van der Waals surface area (Å²) in [6.07, 6.45) is 5.83. The van der Waals surface area contributed by atoms with E-state index in [1.807, 2.05) is 6.07 Å². The summed E-state index contributed by atoms with van der Waals surface area (Å²) in [5.74, 6) is 0.647. The third kappa shape index (κ3) is 2.90. The topological polar surface area (TPSA) is 65.2 Å². The molecule has 0 unspecified atom stereocenters. The molecule has 116 valence electrons. The minimum atomic E-state index is -0.296. The quantitative estimate of drug-likeness (QED) is 0.539. The van der Waals surface area contributed by atoms with Crippen LogP contribution in [0.15, 0.2) is 41.1 Å². The van der Waals surface area contributed by atoms with E-state index in [1.165, 1.54) is 29.7 Å². The van der Waals surface area contributed by atoms with Crippen molar-refractivity contribution in [1.82, 2.24) is 10.2 Å². The van der Waals surface area contributed by atoms with Gasteiger partial charge in [-0.05, 0) is 61.6 Å². The highest BCUT2D eigenvalue weighted by molar-refractivity contribution is 7.14. The summed E-state index contributed by atoms with van der Waals surface area (Å²) in [4.78, 5) is 14.3. The van der Waals surface area contributed by atoms with Gasteiger partial charge < -0.3 is 9.15 Å².